The fourth-order valence-corrected chi connectivity index (χ4v) is 12.6. The van der Waals surface area contributed by atoms with Crippen LogP contribution in [0.4, 0.5) is 0 Å². The van der Waals surface area contributed by atoms with E-state index in [2.05, 4.69) is 69.5 Å². The first-order chi connectivity index (χ1) is 40.2. The standard InChI is InChI=1S/C70H143N7O5/c1-6-11-16-21-26-31-36-41-46-66(71-81)61-75(58-60-76(63-68(78)48-43-38-33-28-23-18-13-8-3)62-67(72-82)47-42-37-32-27-22-17-12-7-2)57-55-73-51-53-74(54-52-73)56-59-77(64-69(79)49-44-39-34-29-24-19-14-9-4)65-70(80)50-45-40-35-30-25-20-15-10-5/h66-70,78-80H,6-65H2,1-5H3. The molecule has 0 amide bonds. The van der Waals surface area contributed by atoms with Crippen LogP contribution in [0.2, 0.25) is 0 Å². The fourth-order valence-electron chi connectivity index (χ4n) is 12.6. The van der Waals surface area contributed by atoms with E-state index in [0.29, 0.717) is 32.7 Å². The predicted octanol–water partition coefficient (Wildman–Crippen LogP) is 17.5. The maximum Gasteiger partial charge on any atom is 0.105 e. The minimum absolute atomic E-state index is 0.245. The molecule has 12 heteroatoms. The van der Waals surface area contributed by atoms with Crippen LogP contribution < -0.4 is 0 Å². The Morgan fingerprint density at radius 3 is 0.793 bits per heavy atom. The van der Waals surface area contributed by atoms with Crippen LogP contribution in [0.25, 0.3) is 0 Å². The quantitative estimate of drug-likeness (QED) is 0.0399. The van der Waals surface area contributed by atoms with E-state index in [9.17, 15) is 25.1 Å². The van der Waals surface area contributed by atoms with Gasteiger partial charge in [-0.2, -0.15) is 9.81 Å². The Kier molecular flexibility index (Phi) is 57.9. The van der Waals surface area contributed by atoms with Crippen molar-refractivity contribution in [3.8, 4) is 0 Å². The van der Waals surface area contributed by atoms with Gasteiger partial charge in [-0.3, -0.25) is 24.5 Å². The second-order valence-electron chi connectivity index (χ2n) is 26.3. The zero-order valence-corrected chi connectivity index (χ0v) is 55.6. The first-order valence-corrected chi connectivity index (χ1v) is 36.5. The highest BCUT2D eigenvalue weighted by molar-refractivity contribution is 4.81. The van der Waals surface area contributed by atoms with Gasteiger partial charge in [-0.05, 0) is 32.1 Å². The van der Waals surface area contributed by atoms with E-state index < -0.39 is 6.10 Å². The monoisotopic (exact) mass is 1160 g/mol. The largest absolute Gasteiger partial charge is 0.392 e. The molecule has 0 saturated carbocycles. The van der Waals surface area contributed by atoms with Gasteiger partial charge in [0.1, 0.15) is 12.1 Å². The van der Waals surface area contributed by atoms with E-state index >= 15 is 0 Å². The predicted molar refractivity (Wildman–Crippen MR) is 356 cm³/mol. The average Bonchev–Trinajstić information content (AvgIpc) is 3.49. The van der Waals surface area contributed by atoms with Crippen molar-refractivity contribution in [2.45, 2.75) is 354 Å². The molecule has 488 valence electrons. The van der Waals surface area contributed by atoms with Crippen molar-refractivity contribution in [2.24, 2.45) is 10.4 Å². The summed E-state index contributed by atoms with van der Waals surface area (Å²) in [5.41, 5.74) is 0. The second kappa shape index (κ2) is 60.2. The number of hydrogen-bond acceptors (Lipinski definition) is 12. The minimum atomic E-state index is -0.437. The molecular weight excluding hydrogens is 1020 g/mol. The molecule has 0 aliphatic carbocycles. The van der Waals surface area contributed by atoms with Crippen LogP contribution in [-0.4, -0.2) is 168 Å². The number of aliphatic hydroxyl groups is 3. The fraction of sp³-hybridized carbons (Fsp3) is 1.00. The summed E-state index contributed by atoms with van der Waals surface area (Å²) in [7, 11) is 0. The summed E-state index contributed by atoms with van der Waals surface area (Å²) in [6, 6.07) is -0.530. The van der Waals surface area contributed by atoms with Gasteiger partial charge >= 0.3 is 0 Å². The molecule has 0 spiro atoms. The lowest BCUT2D eigenvalue weighted by atomic mass is 10.0. The lowest BCUT2D eigenvalue weighted by Gasteiger charge is -2.37. The zero-order valence-electron chi connectivity index (χ0n) is 55.6. The van der Waals surface area contributed by atoms with E-state index in [-0.39, 0.29) is 24.3 Å². The molecule has 12 nitrogen and oxygen atoms in total. The Morgan fingerprint density at radius 2 is 0.512 bits per heavy atom. The lowest BCUT2D eigenvalue weighted by Crippen LogP contribution is -2.51. The molecular formula is C70H143N7O5. The molecule has 5 unspecified atom stereocenters. The summed E-state index contributed by atoms with van der Waals surface area (Å²) in [6.07, 6.45) is 52.9. The van der Waals surface area contributed by atoms with E-state index in [1.54, 1.807) is 0 Å². The third-order valence-corrected chi connectivity index (χ3v) is 18.3. The number of piperazine rings is 1. The van der Waals surface area contributed by atoms with Gasteiger partial charge in [-0.15, -0.1) is 0 Å². The third-order valence-electron chi connectivity index (χ3n) is 18.3. The lowest BCUT2D eigenvalue weighted by molar-refractivity contribution is 0.0487. The van der Waals surface area contributed by atoms with Crippen LogP contribution in [0, 0.1) is 9.81 Å². The summed E-state index contributed by atoms with van der Waals surface area (Å²) in [4.78, 5) is 37.3. The summed E-state index contributed by atoms with van der Waals surface area (Å²) in [5.74, 6) is 0. The van der Waals surface area contributed by atoms with Crippen LogP contribution >= 0.6 is 0 Å². The average molecular weight is 1160 g/mol. The topological polar surface area (TPSA) is 136 Å². The van der Waals surface area contributed by atoms with Crippen molar-refractivity contribution < 1.29 is 15.3 Å². The van der Waals surface area contributed by atoms with Gasteiger partial charge in [0.15, 0.2) is 0 Å². The van der Waals surface area contributed by atoms with E-state index in [4.69, 9.17) is 0 Å². The van der Waals surface area contributed by atoms with Gasteiger partial charge in [0.2, 0.25) is 0 Å². The van der Waals surface area contributed by atoms with Gasteiger partial charge in [0.05, 0.1) is 18.3 Å². The van der Waals surface area contributed by atoms with E-state index in [1.165, 1.54) is 205 Å². The van der Waals surface area contributed by atoms with E-state index in [0.717, 1.165) is 149 Å². The number of rotatable bonds is 66. The highest BCUT2D eigenvalue weighted by Crippen LogP contribution is 2.19. The number of hydrogen-bond donors (Lipinski definition) is 3. The summed E-state index contributed by atoms with van der Waals surface area (Å²) in [5, 5.41) is 41.5. The molecule has 1 fully saturated rings. The molecule has 1 rings (SSSR count). The van der Waals surface area contributed by atoms with E-state index in [1.807, 2.05) is 0 Å². The molecule has 0 aromatic heterocycles. The molecule has 0 aromatic rings. The maximum atomic E-state index is 12.5. The van der Waals surface area contributed by atoms with Crippen LogP contribution in [0.1, 0.15) is 324 Å². The van der Waals surface area contributed by atoms with Gasteiger partial charge in [0.25, 0.3) is 0 Å². The van der Waals surface area contributed by atoms with Crippen LogP contribution in [0.5, 0.6) is 0 Å². The molecule has 0 bridgehead atoms. The van der Waals surface area contributed by atoms with Crippen LogP contribution in [0.15, 0.2) is 10.4 Å². The van der Waals surface area contributed by atoms with Gasteiger partial charge in [-0.1, -0.05) is 302 Å². The second-order valence-corrected chi connectivity index (χ2v) is 26.3. The van der Waals surface area contributed by atoms with Crippen molar-refractivity contribution in [3.05, 3.63) is 9.81 Å². The molecule has 5 atom stereocenters. The Labute approximate surface area is 509 Å². The number of aliphatic hydroxyl groups excluding tert-OH is 3. The first kappa shape index (κ1) is 78.9. The Morgan fingerprint density at radius 1 is 0.293 bits per heavy atom. The number of nitrogens with zero attached hydrogens (tertiary/aromatic N) is 7. The van der Waals surface area contributed by atoms with Crippen molar-refractivity contribution in [1.29, 1.82) is 0 Å². The third kappa shape index (κ3) is 49.9. The maximum absolute atomic E-state index is 12.5. The zero-order chi connectivity index (χ0) is 59.6. The van der Waals surface area contributed by atoms with Crippen molar-refractivity contribution >= 4 is 0 Å². The Balaban J connectivity index is 3.03. The van der Waals surface area contributed by atoms with Gasteiger partial charge < -0.3 is 15.3 Å². The molecule has 0 radical (unpaired) electrons. The molecule has 1 aliphatic rings. The Hall–Kier alpha value is -1.12. The number of nitroso groups, excluding NO2 is 2. The summed E-state index contributed by atoms with van der Waals surface area (Å²) in [6.45, 7) is 23.4. The van der Waals surface area contributed by atoms with Crippen molar-refractivity contribution in [3.63, 3.8) is 0 Å². The molecule has 1 aliphatic heterocycles. The molecule has 1 saturated heterocycles. The van der Waals surface area contributed by atoms with Gasteiger partial charge in [0, 0.05) is 98.2 Å². The number of unbranched alkanes of at least 4 members (excludes halogenated alkanes) is 35. The van der Waals surface area contributed by atoms with Crippen molar-refractivity contribution in [2.75, 3.05) is 98.2 Å². The molecule has 0 aromatic carbocycles. The van der Waals surface area contributed by atoms with Gasteiger partial charge in [-0.25, -0.2) is 0 Å². The highest BCUT2D eigenvalue weighted by atomic mass is 16.3. The Bertz CT molecular complexity index is 1290. The van der Waals surface area contributed by atoms with Crippen LogP contribution in [0.3, 0.4) is 0 Å². The summed E-state index contributed by atoms with van der Waals surface area (Å²) < 4.78 is 0. The molecule has 3 N–H and O–H groups in total. The first-order valence-electron chi connectivity index (χ1n) is 36.5. The smallest absolute Gasteiger partial charge is 0.105 e. The molecule has 1 heterocycles. The molecule has 82 heavy (non-hydrogen) atoms. The normalized spacial score (nSPS) is 15.5. The SMILES string of the molecule is CCCCCCCCCCC(O)CN(CCN1CCN(CCN(CCN(CC(O)CCCCCCCCCC)CC(CCCCCCCCCC)N=O)CC(CCCCCCCCCC)N=O)CC1)CC(O)CCCCCCCCCC. The highest BCUT2D eigenvalue weighted by Gasteiger charge is 2.24. The summed E-state index contributed by atoms with van der Waals surface area (Å²) >= 11 is 0. The van der Waals surface area contributed by atoms with Crippen molar-refractivity contribution in [1.82, 2.24) is 24.5 Å². The van der Waals surface area contributed by atoms with Crippen LogP contribution in [-0.2, 0) is 0 Å². The minimum Gasteiger partial charge on any atom is -0.392 e.